The number of carbonyl (C=O) groups excluding carboxylic acids is 1. The van der Waals surface area contributed by atoms with Gasteiger partial charge in [0.15, 0.2) is 0 Å². The summed E-state index contributed by atoms with van der Waals surface area (Å²) in [7, 11) is 0. The fourth-order valence-electron chi connectivity index (χ4n) is 4.28. The highest BCUT2D eigenvalue weighted by atomic mass is 79.9. The van der Waals surface area contributed by atoms with E-state index in [1.54, 1.807) is 11.2 Å². The molecule has 2 amide bonds. The molecule has 7 heteroatoms. The predicted molar refractivity (Wildman–Crippen MR) is 118 cm³/mol. The number of carbonyl (C=O) groups is 1. The number of fused-ring (bicyclic) bond motifs is 1. The van der Waals surface area contributed by atoms with Crippen LogP contribution in [0.2, 0.25) is 0 Å². The molecule has 1 aliphatic heterocycles. The molecule has 1 saturated carbocycles. The second-order valence-electron chi connectivity index (χ2n) is 7.66. The molecule has 1 atom stereocenters. The van der Waals surface area contributed by atoms with Gasteiger partial charge in [-0.1, -0.05) is 47.3 Å². The van der Waals surface area contributed by atoms with Crippen molar-refractivity contribution >= 4 is 44.5 Å². The normalized spacial score (nSPS) is 21.8. The van der Waals surface area contributed by atoms with Crippen LogP contribution < -0.4 is 10.2 Å². The Morgan fingerprint density at radius 3 is 2.66 bits per heavy atom. The lowest BCUT2D eigenvalue weighted by molar-refractivity contribution is 0.252. The zero-order valence-corrected chi connectivity index (χ0v) is 17.5. The van der Waals surface area contributed by atoms with Gasteiger partial charge in [0, 0.05) is 10.2 Å². The van der Waals surface area contributed by atoms with E-state index >= 15 is 0 Å². The highest BCUT2D eigenvalue weighted by Gasteiger charge is 2.39. The standard InChI is InChI=1S/C22H22BrN5O/c23-15-8-6-14(7-9-15)20-21(26-16-4-2-1-3-5-16)27-22(29)28(20)17-10-11-18-19(12-17)25-13-24-18/h6-13,16,20H,1-5H2,(H,24,25)(H,26,27,29). The minimum atomic E-state index is -0.270. The molecule has 0 radical (unpaired) electrons. The fraction of sp³-hybridized carbons (Fsp3) is 0.318. The molecule has 1 aromatic heterocycles. The van der Waals surface area contributed by atoms with E-state index in [9.17, 15) is 4.79 Å². The molecule has 2 N–H and O–H groups in total. The first-order valence-corrected chi connectivity index (χ1v) is 10.8. The van der Waals surface area contributed by atoms with Gasteiger partial charge in [-0.3, -0.25) is 15.2 Å². The van der Waals surface area contributed by atoms with Gasteiger partial charge in [-0.05, 0) is 48.7 Å². The molecule has 5 rings (SSSR count). The number of anilines is 1. The average molecular weight is 452 g/mol. The van der Waals surface area contributed by atoms with Crippen molar-refractivity contribution in [3.8, 4) is 0 Å². The largest absolute Gasteiger partial charge is 0.345 e. The molecule has 6 nitrogen and oxygen atoms in total. The van der Waals surface area contributed by atoms with Crippen molar-refractivity contribution in [3.05, 3.63) is 58.8 Å². The first-order valence-electron chi connectivity index (χ1n) is 10.1. The SMILES string of the molecule is O=C1NC(=NC2CCCCC2)C(c2ccc(Br)cc2)N1c1ccc2[nH]cnc2c1. The van der Waals surface area contributed by atoms with Crippen molar-refractivity contribution in [1.82, 2.24) is 15.3 Å². The molecule has 2 heterocycles. The van der Waals surface area contributed by atoms with Crippen LogP contribution in [-0.4, -0.2) is 27.9 Å². The number of rotatable bonds is 3. The molecular formula is C22H22BrN5O. The minimum Gasteiger partial charge on any atom is -0.345 e. The van der Waals surface area contributed by atoms with Gasteiger partial charge in [-0.15, -0.1) is 0 Å². The van der Waals surface area contributed by atoms with E-state index in [2.05, 4.69) is 31.2 Å². The second kappa shape index (κ2) is 7.63. The number of H-pyrrole nitrogens is 1. The number of aromatic amines is 1. The van der Waals surface area contributed by atoms with E-state index in [-0.39, 0.29) is 18.1 Å². The van der Waals surface area contributed by atoms with Crippen molar-refractivity contribution in [2.24, 2.45) is 4.99 Å². The number of nitrogens with zero attached hydrogens (tertiary/aromatic N) is 3. The van der Waals surface area contributed by atoms with Crippen LogP contribution in [0.15, 0.2) is 58.3 Å². The predicted octanol–water partition coefficient (Wildman–Crippen LogP) is 5.33. The van der Waals surface area contributed by atoms with E-state index in [1.807, 2.05) is 42.5 Å². The quantitative estimate of drug-likeness (QED) is 0.564. The van der Waals surface area contributed by atoms with Gasteiger partial charge in [0.05, 0.1) is 23.4 Å². The number of amidine groups is 1. The second-order valence-corrected chi connectivity index (χ2v) is 8.58. The van der Waals surface area contributed by atoms with Crippen molar-refractivity contribution in [1.29, 1.82) is 0 Å². The van der Waals surface area contributed by atoms with Gasteiger partial charge in [-0.25, -0.2) is 9.78 Å². The van der Waals surface area contributed by atoms with Gasteiger partial charge >= 0.3 is 6.03 Å². The lowest BCUT2D eigenvalue weighted by Crippen LogP contribution is -2.29. The summed E-state index contributed by atoms with van der Waals surface area (Å²) in [6.07, 6.45) is 7.54. The van der Waals surface area contributed by atoms with Crippen molar-refractivity contribution in [2.75, 3.05) is 4.90 Å². The zero-order chi connectivity index (χ0) is 19.8. The van der Waals surface area contributed by atoms with Crippen LogP contribution in [0.4, 0.5) is 10.5 Å². The number of imidazole rings is 1. The highest BCUT2D eigenvalue weighted by Crippen LogP contribution is 2.34. The van der Waals surface area contributed by atoms with Crippen molar-refractivity contribution < 1.29 is 4.79 Å². The molecule has 148 valence electrons. The van der Waals surface area contributed by atoms with Crippen LogP contribution in [-0.2, 0) is 0 Å². The number of aromatic nitrogens is 2. The molecule has 3 aromatic rings. The maximum Gasteiger partial charge on any atom is 0.328 e. The third kappa shape index (κ3) is 3.55. The first kappa shape index (κ1) is 18.4. The molecule has 1 saturated heterocycles. The topological polar surface area (TPSA) is 73.4 Å². The fourth-order valence-corrected chi connectivity index (χ4v) is 4.54. The third-order valence-electron chi connectivity index (χ3n) is 5.74. The summed E-state index contributed by atoms with van der Waals surface area (Å²) >= 11 is 3.51. The molecule has 0 spiro atoms. The van der Waals surface area contributed by atoms with Gasteiger partial charge in [0.2, 0.25) is 0 Å². The average Bonchev–Trinajstić information content (AvgIpc) is 3.33. The molecular weight excluding hydrogens is 430 g/mol. The number of hydrogen-bond donors (Lipinski definition) is 2. The summed E-state index contributed by atoms with van der Waals surface area (Å²) in [5, 5.41) is 3.05. The van der Waals surface area contributed by atoms with Crippen LogP contribution in [0.5, 0.6) is 0 Å². The number of halogens is 1. The van der Waals surface area contributed by atoms with Crippen molar-refractivity contribution in [2.45, 2.75) is 44.2 Å². The van der Waals surface area contributed by atoms with E-state index < -0.39 is 0 Å². The van der Waals surface area contributed by atoms with Crippen LogP contribution in [0.25, 0.3) is 11.0 Å². The Kier molecular flexibility index (Phi) is 4.83. The summed E-state index contributed by atoms with van der Waals surface area (Å²) in [5.41, 5.74) is 3.62. The Hall–Kier alpha value is -2.67. The third-order valence-corrected chi connectivity index (χ3v) is 6.26. The Bertz CT molecular complexity index is 1070. The van der Waals surface area contributed by atoms with Crippen LogP contribution >= 0.6 is 15.9 Å². The smallest absolute Gasteiger partial charge is 0.328 e. The van der Waals surface area contributed by atoms with E-state index in [0.29, 0.717) is 0 Å². The molecule has 1 unspecified atom stereocenters. The Labute approximate surface area is 177 Å². The Morgan fingerprint density at radius 1 is 1.07 bits per heavy atom. The molecule has 2 aliphatic rings. The lowest BCUT2D eigenvalue weighted by Gasteiger charge is -2.25. The van der Waals surface area contributed by atoms with Gasteiger partial charge < -0.3 is 4.98 Å². The van der Waals surface area contributed by atoms with Gasteiger partial charge in [-0.2, -0.15) is 0 Å². The number of urea groups is 1. The van der Waals surface area contributed by atoms with Crippen LogP contribution in [0.3, 0.4) is 0 Å². The highest BCUT2D eigenvalue weighted by molar-refractivity contribution is 9.10. The number of nitrogens with one attached hydrogen (secondary N) is 2. The van der Waals surface area contributed by atoms with Crippen LogP contribution in [0.1, 0.15) is 43.7 Å². The molecule has 0 bridgehead atoms. The Balaban J connectivity index is 1.58. The number of amides is 2. The Morgan fingerprint density at radius 2 is 1.86 bits per heavy atom. The number of hydrogen-bond acceptors (Lipinski definition) is 3. The first-order chi connectivity index (χ1) is 14.2. The lowest BCUT2D eigenvalue weighted by atomic mass is 9.95. The summed E-state index contributed by atoms with van der Waals surface area (Å²) in [6.45, 7) is 0. The van der Waals surface area contributed by atoms with Gasteiger partial charge in [0.25, 0.3) is 0 Å². The molecule has 2 fully saturated rings. The number of benzene rings is 2. The number of aliphatic imine (C=N–C) groups is 1. The maximum absolute atomic E-state index is 13.0. The molecule has 2 aromatic carbocycles. The van der Waals surface area contributed by atoms with E-state index in [4.69, 9.17) is 4.99 Å². The van der Waals surface area contributed by atoms with E-state index in [0.717, 1.165) is 45.4 Å². The van der Waals surface area contributed by atoms with Gasteiger partial charge in [0.1, 0.15) is 11.9 Å². The summed E-state index contributed by atoms with van der Waals surface area (Å²) in [6, 6.07) is 13.8. The summed E-state index contributed by atoms with van der Waals surface area (Å²) < 4.78 is 1.01. The monoisotopic (exact) mass is 451 g/mol. The zero-order valence-electron chi connectivity index (χ0n) is 15.9. The maximum atomic E-state index is 13.0. The minimum absolute atomic E-state index is 0.151. The summed E-state index contributed by atoms with van der Waals surface area (Å²) in [5.74, 6) is 0.742. The van der Waals surface area contributed by atoms with E-state index in [1.165, 1.54) is 19.3 Å². The molecule has 29 heavy (non-hydrogen) atoms. The molecule has 1 aliphatic carbocycles. The van der Waals surface area contributed by atoms with Crippen LogP contribution in [0, 0.1) is 0 Å². The van der Waals surface area contributed by atoms with Crippen molar-refractivity contribution in [3.63, 3.8) is 0 Å². The summed E-state index contributed by atoms with van der Waals surface area (Å²) in [4.78, 5) is 27.3.